The number of para-hydroxylation sites is 1. The lowest BCUT2D eigenvalue weighted by Crippen LogP contribution is -2.37. The van der Waals surface area contributed by atoms with Crippen LogP contribution in [0.25, 0.3) is 0 Å². The first kappa shape index (κ1) is 21.7. The number of rotatable bonds is 3. The highest BCUT2D eigenvalue weighted by molar-refractivity contribution is 6.31. The molecule has 2 fully saturated rings. The molecule has 0 unspecified atom stereocenters. The van der Waals surface area contributed by atoms with Crippen molar-refractivity contribution in [1.82, 2.24) is 0 Å². The summed E-state index contributed by atoms with van der Waals surface area (Å²) >= 11 is 6.00. The Kier molecular flexibility index (Phi) is 5.26. The van der Waals surface area contributed by atoms with Crippen molar-refractivity contribution in [3.05, 3.63) is 95.0 Å². The fourth-order valence-electron chi connectivity index (χ4n) is 4.58. The summed E-state index contributed by atoms with van der Waals surface area (Å²) in [5, 5.41) is 2.26. The molecular formula is C27H25ClN2O3. The Morgan fingerprint density at radius 1 is 0.788 bits per heavy atom. The van der Waals surface area contributed by atoms with E-state index in [1.165, 1.54) is 10.5 Å². The van der Waals surface area contributed by atoms with Crippen LogP contribution in [0.2, 0.25) is 5.02 Å². The number of fused-ring (bicyclic) bond motifs is 1. The number of hydrogen-bond acceptors (Lipinski definition) is 4. The van der Waals surface area contributed by atoms with Crippen LogP contribution in [0.15, 0.2) is 78.9 Å². The predicted octanol–water partition coefficient (Wildman–Crippen LogP) is 5.69. The van der Waals surface area contributed by atoms with Crippen LogP contribution in [0.5, 0.6) is 0 Å². The first-order valence-electron chi connectivity index (χ1n) is 11.0. The number of imide groups is 1. The van der Waals surface area contributed by atoms with Crippen LogP contribution in [0, 0.1) is 5.92 Å². The molecule has 0 bridgehead atoms. The number of carbonyl (C=O) groups is 2. The smallest absolute Gasteiger partial charge is 0.266 e. The molecule has 6 heteroatoms. The number of hydroxylamine groups is 1. The zero-order chi connectivity index (χ0) is 23.3. The normalized spacial score (nSPS) is 22.7. The Morgan fingerprint density at radius 2 is 1.42 bits per heavy atom. The molecule has 0 radical (unpaired) electrons. The van der Waals surface area contributed by atoms with Crippen LogP contribution in [-0.4, -0.2) is 17.9 Å². The fraction of sp³-hybridized carbons (Fsp3) is 0.259. The number of benzene rings is 3. The van der Waals surface area contributed by atoms with Crippen molar-refractivity contribution < 1.29 is 14.4 Å². The Balaban J connectivity index is 1.57. The van der Waals surface area contributed by atoms with Gasteiger partial charge in [0, 0.05) is 5.02 Å². The number of nitrogens with zero attached hydrogens (tertiary/aromatic N) is 2. The Bertz CT molecular complexity index is 1190. The lowest BCUT2D eigenvalue weighted by molar-refractivity contribution is -0.126. The molecule has 3 aromatic carbocycles. The molecule has 2 aliphatic rings. The van der Waals surface area contributed by atoms with E-state index in [2.05, 4.69) is 32.9 Å². The summed E-state index contributed by atoms with van der Waals surface area (Å²) < 4.78 is 0. The summed E-state index contributed by atoms with van der Waals surface area (Å²) in [5.41, 5.74) is 3.44. The molecule has 33 heavy (non-hydrogen) atoms. The fourth-order valence-corrected chi connectivity index (χ4v) is 4.70. The predicted molar refractivity (Wildman–Crippen MR) is 129 cm³/mol. The number of anilines is 2. The molecule has 2 amide bonds. The maximum Gasteiger partial charge on any atom is 0.266 e. The molecule has 5 nitrogen and oxygen atoms in total. The minimum Gasteiger partial charge on any atom is -0.273 e. The first-order valence-corrected chi connectivity index (χ1v) is 11.4. The molecule has 3 atom stereocenters. The van der Waals surface area contributed by atoms with Gasteiger partial charge < -0.3 is 0 Å². The van der Waals surface area contributed by atoms with Gasteiger partial charge in [-0.15, -0.1) is 0 Å². The number of hydrogen-bond donors (Lipinski definition) is 0. The largest absolute Gasteiger partial charge is 0.273 e. The van der Waals surface area contributed by atoms with Gasteiger partial charge in [0.25, 0.3) is 5.91 Å². The number of amides is 2. The highest BCUT2D eigenvalue weighted by Gasteiger charge is 2.60. The maximum absolute atomic E-state index is 13.6. The minimum absolute atomic E-state index is 0.0108. The monoisotopic (exact) mass is 460 g/mol. The average Bonchev–Trinajstić information content (AvgIpc) is 3.31. The topological polar surface area (TPSA) is 49.9 Å². The summed E-state index contributed by atoms with van der Waals surface area (Å²) in [5.74, 6) is -1.29. The molecule has 2 aliphatic heterocycles. The van der Waals surface area contributed by atoms with Crippen LogP contribution in [0.4, 0.5) is 11.4 Å². The summed E-state index contributed by atoms with van der Waals surface area (Å²) in [6.07, 6.45) is -0.888. The van der Waals surface area contributed by atoms with Gasteiger partial charge in [0.05, 0.1) is 17.4 Å². The molecule has 2 heterocycles. The Labute approximate surface area is 198 Å². The molecular weight excluding hydrogens is 436 g/mol. The van der Waals surface area contributed by atoms with Gasteiger partial charge in [0.1, 0.15) is 5.92 Å². The lowest BCUT2D eigenvalue weighted by Gasteiger charge is -2.29. The standard InChI is InChI=1S/C27H25ClN2O3/c1-27(2,3)18-11-9-17(10-12-18)23-22-24(33-30(23)21-7-5-4-6-8-21)26(32)29(25(22)31)20-15-13-19(28)14-16-20/h4-16,22-24H,1-3H3/t22-,23-,24+/m0/s1. The molecule has 0 aromatic heterocycles. The Morgan fingerprint density at radius 3 is 2.03 bits per heavy atom. The van der Waals surface area contributed by atoms with E-state index in [1.807, 2.05) is 42.5 Å². The van der Waals surface area contributed by atoms with E-state index >= 15 is 0 Å². The van der Waals surface area contributed by atoms with Crippen molar-refractivity contribution in [3.63, 3.8) is 0 Å². The van der Waals surface area contributed by atoms with Gasteiger partial charge in [0.2, 0.25) is 5.91 Å². The highest BCUT2D eigenvalue weighted by Crippen LogP contribution is 2.47. The second kappa shape index (κ2) is 8.01. The van der Waals surface area contributed by atoms with E-state index in [0.717, 1.165) is 11.3 Å². The third-order valence-corrected chi connectivity index (χ3v) is 6.58. The van der Waals surface area contributed by atoms with Crippen molar-refractivity contribution in [2.45, 2.75) is 38.3 Å². The third-order valence-electron chi connectivity index (χ3n) is 6.33. The van der Waals surface area contributed by atoms with Crippen LogP contribution in [-0.2, 0) is 19.8 Å². The lowest BCUT2D eigenvalue weighted by atomic mass is 9.84. The van der Waals surface area contributed by atoms with E-state index < -0.39 is 18.1 Å². The maximum atomic E-state index is 13.6. The Hall–Kier alpha value is -3.15. The second-order valence-electron chi connectivity index (χ2n) is 9.52. The molecule has 0 aliphatic carbocycles. The summed E-state index contributed by atoms with van der Waals surface area (Å²) in [4.78, 5) is 34.4. The summed E-state index contributed by atoms with van der Waals surface area (Å²) in [6, 6.07) is 24.1. The molecule has 3 aromatic rings. The van der Waals surface area contributed by atoms with Gasteiger partial charge in [-0.1, -0.05) is 74.8 Å². The number of carbonyl (C=O) groups excluding carboxylic acids is 2. The molecule has 2 saturated heterocycles. The quantitative estimate of drug-likeness (QED) is 0.471. The molecule has 0 spiro atoms. The molecule has 168 valence electrons. The average molecular weight is 461 g/mol. The van der Waals surface area contributed by atoms with Crippen molar-refractivity contribution in [3.8, 4) is 0 Å². The third kappa shape index (κ3) is 3.71. The number of halogens is 1. The molecule has 5 rings (SSSR count). The van der Waals surface area contributed by atoms with E-state index in [1.54, 1.807) is 29.3 Å². The SMILES string of the molecule is CC(C)(C)c1ccc([C@H]2[C@@H]3C(=O)N(c4ccc(Cl)cc4)C(=O)[C@@H]3ON2c2ccccc2)cc1. The first-order chi connectivity index (χ1) is 15.8. The van der Waals surface area contributed by atoms with Gasteiger partial charge in [-0.25, -0.2) is 9.96 Å². The highest BCUT2D eigenvalue weighted by atomic mass is 35.5. The van der Waals surface area contributed by atoms with Crippen molar-refractivity contribution in [1.29, 1.82) is 0 Å². The summed E-state index contributed by atoms with van der Waals surface area (Å²) in [6.45, 7) is 6.49. The van der Waals surface area contributed by atoms with Crippen LogP contribution < -0.4 is 9.96 Å². The zero-order valence-electron chi connectivity index (χ0n) is 18.7. The van der Waals surface area contributed by atoms with E-state index in [-0.39, 0.29) is 17.2 Å². The van der Waals surface area contributed by atoms with Crippen LogP contribution in [0.1, 0.15) is 37.9 Å². The second-order valence-corrected chi connectivity index (χ2v) is 9.95. The van der Waals surface area contributed by atoms with Gasteiger partial charge in [0.15, 0.2) is 6.10 Å². The van der Waals surface area contributed by atoms with Gasteiger partial charge in [-0.05, 0) is 52.9 Å². The van der Waals surface area contributed by atoms with E-state index in [9.17, 15) is 9.59 Å². The van der Waals surface area contributed by atoms with Gasteiger partial charge in [-0.2, -0.15) is 0 Å². The zero-order valence-corrected chi connectivity index (χ0v) is 19.5. The minimum atomic E-state index is -0.888. The van der Waals surface area contributed by atoms with Crippen LogP contribution in [0.3, 0.4) is 0 Å². The van der Waals surface area contributed by atoms with Crippen molar-refractivity contribution in [2.75, 3.05) is 9.96 Å². The van der Waals surface area contributed by atoms with Crippen molar-refractivity contribution in [2.24, 2.45) is 5.92 Å². The van der Waals surface area contributed by atoms with E-state index in [0.29, 0.717) is 10.7 Å². The van der Waals surface area contributed by atoms with E-state index in [4.69, 9.17) is 16.4 Å². The molecule has 0 N–H and O–H groups in total. The van der Waals surface area contributed by atoms with Crippen molar-refractivity contribution >= 4 is 34.8 Å². The van der Waals surface area contributed by atoms with Gasteiger partial charge >= 0.3 is 0 Å². The van der Waals surface area contributed by atoms with Crippen LogP contribution >= 0.6 is 11.6 Å². The molecule has 0 saturated carbocycles. The summed E-state index contributed by atoms with van der Waals surface area (Å²) in [7, 11) is 0. The van der Waals surface area contributed by atoms with Gasteiger partial charge in [-0.3, -0.25) is 14.4 Å².